The Balaban J connectivity index is 2.59. The zero-order valence-electron chi connectivity index (χ0n) is 12.6. The molecule has 0 aliphatic carbocycles. The number of rotatable bonds is 5. The van der Waals surface area contributed by atoms with Crippen molar-refractivity contribution in [3.8, 4) is 0 Å². The van der Waals surface area contributed by atoms with E-state index < -0.39 is 17.4 Å². The largest absolute Gasteiger partial charge is 0.481 e. The van der Waals surface area contributed by atoms with Gasteiger partial charge in [0.05, 0.1) is 12.1 Å². The minimum atomic E-state index is -0.901. The number of hydrogen-bond acceptors (Lipinski definition) is 3. The van der Waals surface area contributed by atoms with Crippen LogP contribution in [0.5, 0.6) is 0 Å². The minimum absolute atomic E-state index is 0.121. The van der Waals surface area contributed by atoms with Crippen molar-refractivity contribution in [2.24, 2.45) is 0 Å². The summed E-state index contributed by atoms with van der Waals surface area (Å²) in [5.74, 6) is -1.75. The van der Waals surface area contributed by atoms with Gasteiger partial charge in [-0.05, 0) is 25.0 Å². The Labute approximate surface area is 124 Å². The summed E-state index contributed by atoms with van der Waals surface area (Å²) < 4.78 is 5.07. The van der Waals surface area contributed by atoms with Gasteiger partial charge < -0.3 is 14.7 Å². The van der Waals surface area contributed by atoms with Crippen LogP contribution in [0.3, 0.4) is 0 Å². The van der Waals surface area contributed by atoms with E-state index in [4.69, 9.17) is 4.74 Å². The summed E-state index contributed by atoms with van der Waals surface area (Å²) in [7, 11) is 1.57. The number of amides is 1. The van der Waals surface area contributed by atoms with Gasteiger partial charge >= 0.3 is 5.97 Å². The van der Waals surface area contributed by atoms with E-state index in [1.807, 2.05) is 13.8 Å². The van der Waals surface area contributed by atoms with Crippen LogP contribution < -0.4 is 0 Å². The Morgan fingerprint density at radius 1 is 1.43 bits per heavy atom. The van der Waals surface area contributed by atoms with Gasteiger partial charge in [0.1, 0.15) is 5.92 Å². The molecule has 0 fully saturated rings. The molecule has 2 atom stereocenters. The van der Waals surface area contributed by atoms with Crippen LogP contribution in [0.2, 0.25) is 0 Å². The number of carbonyl (C=O) groups is 2. The smallest absolute Gasteiger partial charge is 0.313 e. The highest BCUT2D eigenvalue weighted by atomic mass is 16.5. The Hall–Kier alpha value is -1.88. The first-order chi connectivity index (χ1) is 9.97. The zero-order chi connectivity index (χ0) is 15.6. The maximum absolute atomic E-state index is 12.7. The zero-order valence-corrected chi connectivity index (χ0v) is 12.6. The van der Waals surface area contributed by atoms with Crippen LogP contribution in [0.25, 0.3) is 0 Å². The predicted octanol–water partition coefficient (Wildman–Crippen LogP) is 2.13. The van der Waals surface area contributed by atoms with Gasteiger partial charge in [-0.1, -0.05) is 25.1 Å². The van der Waals surface area contributed by atoms with Gasteiger partial charge in [-0.15, -0.1) is 0 Å². The molecule has 0 bridgehead atoms. The third kappa shape index (κ3) is 2.42. The van der Waals surface area contributed by atoms with Gasteiger partial charge in [0.2, 0.25) is 0 Å². The van der Waals surface area contributed by atoms with E-state index in [2.05, 4.69) is 0 Å². The molecule has 1 aliphatic heterocycles. The highest BCUT2D eigenvalue weighted by Gasteiger charge is 2.50. The number of carboxylic acids is 1. The molecule has 1 aliphatic rings. The van der Waals surface area contributed by atoms with Crippen molar-refractivity contribution in [1.82, 2.24) is 4.90 Å². The van der Waals surface area contributed by atoms with Gasteiger partial charge in [-0.2, -0.15) is 0 Å². The molecule has 0 spiro atoms. The molecule has 5 nitrogen and oxygen atoms in total. The standard InChI is InChI=1S/C16H21NO4/c1-4-16(2)13(15(19)20)11-7-5-6-8-12(11)14(18)17(16)9-10-21-3/h5-8,13H,4,9-10H2,1-3H3,(H,19,20). The average Bonchev–Trinajstić information content (AvgIpc) is 2.47. The molecule has 0 radical (unpaired) electrons. The van der Waals surface area contributed by atoms with E-state index >= 15 is 0 Å². The topological polar surface area (TPSA) is 66.8 Å². The lowest BCUT2D eigenvalue weighted by Crippen LogP contribution is -2.59. The van der Waals surface area contributed by atoms with Gasteiger partial charge in [0.25, 0.3) is 5.91 Å². The number of nitrogens with zero attached hydrogens (tertiary/aromatic N) is 1. The van der Waals surface area contributed by atoms with E-state index in [-0.39, 0.29) is 5.91 Å². The second-order valence-corrected chi connectivity index (χ2v) is 5.52. The van der Waals surface area contributed by atoms with E-state index in [0.717, 1.165) is 0 Å². The van der Waals surface area contributed by atoms with E-state index in [9.17, 15) is 14.7 Å². The predicted molar refractivity (Wildman–Crippen MR) is 78.4 cm³/mol. The molecule has 1 aromatic rings. The second kappa shape index (κ2) is 5.85. The third-order valence-electron chi connectivity index (χ3n) is 4.47. The summed E-state index contributed by atoms with van der Waals surface area (Å²) in [6.45, 7) is 4.53. The number of benzene rings is 1. The fourth-order valence-corrected chi connectivity index (χ4v) is 3.15. The van der Waals surface area contributed by atoms with Crippen molar-refractivity contribution in [1.29, 1.82) is 0 Å². The van der Waals surface area contributed by atoms with Gasteiger partial charge in [-0.3, -0.25) is 9.59 Å². The van der Waals surface area contributed by atoms with Crippen LogP contribution in [0.1, 0.15) is 42.1 Å². The van der Waals surface area contributed by atoms with Crippen molar-refractivity contribution in [3.05, 3.63) is 35.4 Å². The molecule has 0 aromatic heterocycles. The van der Waals surface area contributed by atoms with Crippen LogP contribution in [0, 0.1) is 0 Å². The quantitative estimate of drug-likeness (QED) is 0.902. The second-order valence-electron chi connectivity index (χ2n) is 5.52. The molecule has 0 saturated heterocycles. The summed E-state index contributed by atoms with van der Waals surface area (Å²) in [6.07, 6.45) is 0.563. The van der Waals surface area contributed by atoms with Crippen molar-refractivity contribution < 1.29 is 19.4 Å². The SMILES string of the molecule is CCC1(C)C(C(=O)O)c2ccccc2C(=O)N1CCOC. The lowest BCUT2D eigenvalue weighted by Gasteiger charge is -2.48. The van der Waals surface area contributed by atoms with Crippen LogP contribution in [0.4, 0.5) is 0 Å². The van der Waals surface area contributed by atoms with Crippen LogP contribution in [-0.2, 0) is 9.53 Å². The summed E-state index contributed by atoms with van der Waals surface area (Å²) >= 11 is 0. The number of carboxylic acid groups (broad SMARTS) is 1. The molecule has 5 heteroatoms. The molecule has 2 rings (SSSR count). The van der Waals surface area contributed by atoms with Crippen LogP contribution in [-0.4, -0.2) is 47.7 Å². The number of hydrogen-bond donors (Lipinski definition) is 1. The molecule has 0 saturated carbocycles. The fourth-order valence-electron chi connectivity index (χ4n) is 3.15. The first kappa shape index (κ1) is 15.5. The molecular formula is C16H21NO4. The molecule has 114 valence electrons. The average molecular weight is 291 g/mol. The minimum Gasteiger partial charge on any atom is -0.481 e. The lowest BCUT2D eigenvalue weighted by molar-refractivity contribution is -0.143. The Bertz CT molecular complexity index is 557. The van der Waals surface area contributed by atoms with Crippen LogP contribution >= 0.6 is 0 Å². The summed E-state index contributed by atoms with van der Waals surface area (Å²) in [5.41, 5.74) is 0.329. The maximum Gasteiger partial charge on any atom is 0.313 e. The van der Waals surface area contributed by atoms with E-state index in [0.29, 0.717) is 30.7 Å². The third-order valence-corrected chi connectivity index (χ3v) is 4.47. The highest BCUT2D eigenvalue weighted by Crippen LogP contribution is 2.42. The van der Waals surface area contributed by atoms with Gasteiger partial charge in [0, 0.05) is 19.2 Å². The first-order valence-corrected chi connectivity index (χ1v) is 7.10. The Kier molecular flexibility index (Phi) is 4.32. The number of carbonyl (C=O) groups excluding carboxylic acids is 1. The number of methoxy groups -OCH3 is 1. The molecule has 1 aromatic carbocycles. The summed E-state index contributed by atoms with van der Waals surface area (Å²) in [5, 5.41) is 9.71. The first-order valence-electron chi connectivity index (χ1n) is 7.10. The van der Waals surface area contributed by atoms with Crippen molar-refractivity contribution in [2.75, 3.05) is 20.3 Å². The molecule has 1 amide bonds. The van der Waals surface area contributed by atoms with E-state index in [1.54, 1.807) is 36.3 Å². The number of fused-ring (bicyclic) bond motifs is 1. The van der Waals surface area contributed by atoms with Crippen molar-refractivity contribution in [2.45, 2.75) is 31.7 Å². The monoisotopic (exact) mass is 291 g/mol. The van der Waals surface area contributed by atoms with Crippen LogP contribution in [0.15, 0.2) is 24.3 Å². The molecule has 2 unspecified atom stereocenters. The van der Waals surface area contributed by atoms with Gasteiger partial charge in [-0.25, -0.2) is 0 Å². The molecule has 1 heterocycles. The fraction of sp³-hybridized carbons (Fsp3) is 0.500. The summed E-state index contributed by atoms with van der Waals surface area (Å²) in [4.78, 5) is 26.2. The lowest BCUT2D eigenvalue weighted by atomic mass is 9.72. The Morgan fingerprint density at radius 2 is 2.10 bits per heavy atom. The molecule has 21 heavy (non-hydrogen) atoms. The van der Waals surface area contributed by atoms with Crippen molar-refractivity contribution in [3.63, 3.8) is 0 Å². The number of aliphatic carboxylic acids is 1. The Morgan fingerprint density at radius 3 is 2.67 bits per heavy atom. The maximum atomic E-state index is 12.7. The van der Waals surface area contributed by atoms with Crippen molar-refractivity contribution >= 4 is 11.9 Å². The summed E-state index contributed by atoms with van der Waals surface area (Å²) in [6, 6.07) is 6.98. The highest BCUT2D eigenvalue weighted by molar-refractivity contribution is 6.00. The normalized spacial score (nSPS) is 24.8. The van der Waals surface area contributed by atoms with E-state index in [1.165, 1.54) is 0 Å². The molecule has 1 N–H and O–H groups in total. The number of ether oxygens (including phenoxy) is 1. The molecular weight excluding hydrogens is 270 g/mol. The van der Waals surface area contributed by atoms with Gasteiger partial charge in [0.15, 0.2) is 0 Å².